The molecule has 0 amide bonds. The van der Waals surface area contributed by atoms with Gasteiger partial charge < -0.3 is 23.9 Å². The predicted molar refractivity (Wildman–Crippen MR) is 136 cm³/mol. The molecule has 1 aliphatic rings. The highest BCUT2D eigenvalue weighted by Crippen LogP contribution is 2.27. The van der Waals surface area contributed by atoms with Crippen LogP contribution in [0.4, 0.5) is 5.82 Å². The Morgan fingerprint density at radius 2 is 1.83 bits per heavy atom. The SMILES string of the molecule is COc1cc(NSc2ccc(-n3c(C)cc(C(=O)CN4CCC(O)CC4)c3C)cc2)nc(OC)n1. The van der Waals surface area contributed by atoms with Crippen molar-refractivity contribution in [1.29, 1.82) is 0 Å². The van der Waals surface area contributed by atoms with E-state index in [2.05, 4.69) is 24.2 Å². The first kappa shape index (κ1) is 25.0. The van der Waals surface area contributed by atoms with Gasteiger partial charge in [-0.3, -0.25) is 9.69 Å². The molecule has 3 aromatic rings. The van der Waals surface area contributed by atoms with E-state index >= 15 is 0 Å². The quantitative estimate of drug-likeness (QED) is 0.339. The number of ether oxygens (including phenoxy) is 2. The van der Waals surface area contributed by atoms with Gasteiger partial charge in [-0.15, -0.1) is 0 Å². The number of methoxy groups -OCH3 is 2. The van der Waals surface area contributed by atoms with Crippen molar-refractivity contribution in [3.8, 4) is 17.6 Å². The summed E-state index contributed by atoms with van der Waals surface area (Å²) < 4.78 is 15.6. The molecule has 1 aliphatic heterocycles. The van der Waals surface area contributed by atoms with Crippen LogP contribution in [0.5, 0.6) is 11.9 Å². The van der Waals surface area contributed by atoms with E-state index in [0.29, 0.717) is 18.2 Å². The number of anilines is 1. The lowest BCUT2D eigenvalue weighted by molar-refractivity contribution is 0.0710. The zero-order valence-electron chi connectivity index (χ0n) is 20.4. The zero-order chi connectivity index (χ0) is 24.9. The molecule has 35 heavy (non-hydrogen) atoms. The molecule has 9 nitrogen and oxygen atoms in total. The van der Waals surface area contributed by atoms with Crippen LogP contribution in [0.15, 0.2) is 41.3 Å². The van der Waals surface area contributed by atoms with Crippen molar-refractivity contribution in [3.63, 3.8) is 0 Å². The second-order valence-electron chi connectivity index (χ2n) is 8.53. The molecule has 4 rings (SSSR count). The van der Waals surface area contributed by atoms with Crippen LogP contribution in [0.25, 0.3) is 5.69 Å². The summed E-state index contributed by atoms with van der Waals surface area (Å²) in [7, 11) is 3.05. The van der Waals surface area contributed by atoms with Crippen LogP contribution < -0.4 is 14.2 Å². The maximum atomic E-state index is 13.0. The molecule has 3 heterocycles. The summed E-state index contributed by atoms with van der Waals surface area (Å²) >= 11 is 1.42. The van der Waals surface area contributed by atoms with E-state index in [1.165, 1.54) is 19.1 Å². The predicted octanol–water partition coefficient (Wildman–Crippen LogP) is 3.66. The molecule has 2 N–H and O–H groups in total. The van der Waals surface area contributed by atoms with Crippen LogP contribution in [0.2, 0.25) is 0 Å². The van der Waals surface area contributed by atoms with Crippen molar-refractivity contribution in [2.45, 2.75) is 37.7 Å². The third-order valence-electron chi connectivity index (χ3n) is 6.10. The van der Waals surface area contributed by atoms with E-state index in [4.69, 9.17) is 9.47 Å². The molecule has 0 aliphatic carbocycles. The van der Waals surface area contributed by atoms with Gasteiger partial charge in [-0.1, -0.05) is 0 Å². The van der Waals surface area contributed by atoms with Gasteiger partial charge in [0.2, 0.25) is 5.88 Å². The van der Waals surface area contributed by atoms with Gasteiger partial charge in [0.05, 0.1) is 26.9 Å². The first-order chi connectivity index (χ1) is 16.9. The maximum Gasteiger partial charge on any atom is 0.321 e. The van der Waals surface area contributed by atoms with Crippen molar-refractivity contribution in [2.24, 2.45) is 0 Å². The summed E-state index contributed by atoms with van der Waals surface area (Å²) in [5, 5.41) is 9.71. The van der Waals surface area contributed by atoms with Crippen LogP contribution in [-0.4, -0.2) is 70.3 Å². The Bertz CT molecular complexity index is 1150. The average molecular weight is 498 g/mol. The fourth-order valence-corrected chi connectivity index (χ4v) is 4.83. The molecule has 0 bridgehead atoms. The van der Waals surface area contributed by atoms with Crippen LogP contribution in [-0.2, 0) is 0 Å². The van der Waals surface area contributed by atoms with Gasteiger partial charge in [0.15, 0.2) is 5.78 Å². The molecule has 0 spiro atoms. The second-order valence-corrected chi connectivity index (χ2v) is 9.41. The number of carbonyl (C=O) groups is 1. The number of Topliss-reactive ketones (excluding diaryl/α,β-unsaturated/α-hetero) is 1. The molecular formula is C25H31N5O4S. The topological polar surface area (TPSA) is 102 Å². The Labute approximate surface area is 209 Å². The van der Waals surface area contributed by atoms with Crippen molar-refractivity contribution in [1.82, 2.24) is 19.4 Å². The van der Waals surface area contributed by atoms with Crippen LogP contribution >= 0.6 is 11.9 Å². The zero-order valence-corrected chi connectivity index (χ0v) is 21.3. The number of likely N-dealkylation sites (tertiary alicyclic amines) is 1. The fraction of sp³-hybridized carbons (Fsp3) is 0.400. The van der Waals surface area contributed by atoms with Gasteiger partial charge >= 0.3 is 6.01 Å². The molecule has 0 saturated carbocycles. The molecule has 2 aromatic heterocycles. The first-order valence-corrected chi connectivity index (χ1v) is 12.3. The lowest BCUT2D eigenvalue weighted by Crippen LogP contribution is -2.39. The molecule has 1 aromatic carbocycles. The Balaban J connectivity index is 1.44. The Hall–Kier alpha value is -3.08. The van der Waals surface area contributed by atoms with E-state index in [1.807, 2.05) is 44.2 Å². The van der Waals surface area contributed by atoms with Gasteiger partial charge in [0.1, 0.15) is 5.82 Å². The van der Waals surface area contributed by atoms with Crippen molar-refractivity contribution < 1.29 is 19.4 Å². The summed E-state index contributed by atoms with van der Waals surface area (Å²) in [6, 6.07) is 12.0. The van der Waals surface area contributed by atoms with E-state index in [9.17, 15) is 9.90 Å². The van der Waals surface area contributed by atoms with Crippen molar-refractivity contribution in [2.75, 3.05) is 38.6 Å². The van der Waals surface area contributed by atoms with Crippen molar-refractivity contribution in [3.05, 3.63) is 53.3 Å². The van der Waals surface area contributed by atoms with Crippen LogP contribution in [0, 0.1) is 13.8 Å². The lowest BCUT2D eigenvalue weighted by atomic mass is 10.1. The number of hydrogen-bond donors (Lipinski definition) is 2. The third kappa shape index (κ3) is 5.95. The smallest absolute Gasteiger partial charge is 0.321 e. The summed E-state index contributed by atoms with van der Waals surface area (Å²) in [5.41, 5.74) is 3.69. The van der Waals surface area contributed by atoms with E-state index in [-0.39, 0.29) is 17.9 Å². The first-order valence-electron chi connectivity index (χ1n) is 11.5. The number of aryl methyl sites for hydroxylation is 1. The summed E-state index contributed by atoms with van der Waals surface area (Å²) in [6.07, 6.45) is 1.21. The van der Waals surface area contributed by atoms with E-state index < -0.39 is 0 Å². The monoisotopic (exact) mass is 497 g/mol. The standard InChI is InChI=1S/C25H31N5O4S/c1-16-13-21(22(32)15-29-11-9-19(31)10-12-29)17(2)30(16)18-5-7-20(8-6-18)35-28-23-14-24(33-3)27-25(26-23)34-4/h5-8,13-14,19,31H,9-12,15H2,1-4H3,(H,26,27,28). The maximum absolute atomic E-state index is 13.0. The number of nitrogens with zero attached hydrogens (tertiary/aromatic N) is 4. The number of hydrogen-bond acceptors (Lipinski definition) is 9. The van der Waals surface area contributed by atoms with Gasteiger partial charge in [-0.25, -0.2) is 0 Å². The number of aliphatic hydroxyl groups is 1. The highest BCUT2D eigenvalue weighted by atomic mass is 32.2. The molecule has 10 heteroatoms. The number of piperidine rings is 1. The number of aliphatic hydroxyl groups excluding tert-OH is 1. The molecule has 0 unspecified atom stereocenters. The Morgan fingerprint density at radius 1 is 1.11 bits per heavy atom. The van der Waals surface area contributed by atoms with Crippen LogP contribution in [0.1, 0.15) is 34.6 Å². The van der Waals surface area contributed by atoms with Gasteiger partial charge in [0.25, 0.3) is 0 Å². The Morgan fingerprint density at radius 3 is 2.49 bits per heavy atom. The van der Waals surface area contributed by atoms with Crippen molar-refractivity contribution >= 4 is 23.5 Å². The minimum Gasteiger partial charge on any atom is -0.481 e. The second kappa shape index (κ2) is 11.1. The fourth-order valence-electron chi connectivity index (χ4n) is 4.23. The minimum absolute atomic E-state index is 0.118. The normalized spacial score (nSPS) is 14.7. The molecule has 0 atom stereocenters. The summed E-state index contributed by atoms with van der Waals surface area (Å²) in [6.45, 7) is 5.90. The molecule has 186 valence electrons. The van der Waals surface area contributed by atoms with Gasteiger partial charge in [-0.05, 0) is 69.0 Å². The summed E-state index contributed by atoms with van der Waals surface area (Å²) in [5.74, 6) is 1.11. The lowest BCUT2D eigenvalue weighted by Gasteiger charge is -2.28. The van der Waals surface area contributed by atoms with Gasteiger partial charge in [0, 0.05) is 46.7 Å². The molecular weight excluding hydrogens is 466 g/mol. The number of benzene rings is 1. The highest BCUT2D eigenvalue weighted by Gasteiger charge is 2.22. The number of ketones is 1. The Kier molecular flexibility index (Phi) is 7.94. The van der Waals surface area contributed by atoms with E-state index in [1.54, 1.807) is 13.2 Å². The minimum atomic E-state index is -0.241. The molecule has 1 fully saturated rings. The number of nitrogens with one attached hydrogen (secondary N) is 1. The number of aromatic nitrogens is 3. The van der Waals surface area contributed by atoms with Crippen LogP contribution in [0.3, 0.4) is 0 Å². The number of rotatable bonds is 9. The molecule has 0 radical (unpaired) electrons. The van der Waals surface area contributed by atoms with Gasteiger partial charge in [-0.2, -0.15) is 9.97 Å². The number of carbonyl (C=O) groups excluding carboxylic acids is 1. The third-order valence-corrected chi connectivity index (χ3v) is 6.92. The van der Waals surface area contributed by atoms with E-state index in [0.717, 1.165) is 53.5 Å². The highest BCUT2D eigenvalue weighted by molar-refractivity contribution is 8.00. The molecule has 1 saturated heterocycles. The largest absolute Gasteiger partial charge is 0.481 e. The summed E-state index contributed by atoms with van der Waals surface area (Å²) in [4.78, 5) is 24.5. The average Bonchev–Trinajstić information content (AvgIpc) is 3.18.